The third kappa shape index (κ3) is 3.31. The van der Waals surface area contributed by atoms with Crippen LogP contribution in [0, 0.1) is 6.92 Å². The fourth-order valence-corrected chi connectivity index (χ4v) is 2.80. The van der Waals surface area contributed by atoms with Crippen LogP contribution in [-0.2, 0) is 14.3 Å². The van der Waals surface area contributed by atoms with Gasteiger partial charge in [-0.15, -0.1) is 0 Å². The smallest absolute Gasteiger partial charge is 0.337 e. The van der Waals surface area contributed by atoms with Gasteiger partial charge >= 0.3 is 5.97 Å². The molecule has 2 N–H and O–H groups in total. The summed E-state index contributed by atoms with van der Waals surface area (Å²) in [5.41, 5.74) is 2.19. The molecule has 6 nitrogen and oxygen atoms in total. The van der Waals surface area contributed by atoms with Crippen LogP contribution in [0.2, 0.25) is 0 Å². The largest absolute Gasteiger partial charge is 0.466 e. The fraction of sp³-hybridized carbons (Fsp3) is 0.333. The first-order valence-corrected chi connectivity index (χ1v) is 7.52. The number of carbonyl (C=O) groups excluding carboxylic acids is 2. The molecule has 0 unspecified atom stereocenters. The number of esters is 1. The SMILES string of the molecule is COC(=O)C1=C(Nc2ccc(C)cc2Br)C(=O)N(CCO)C1. The Morgan fingerprint density at radius 1 is 1.50 bits per heavy atom. The molecule has 1 aliphatic rings. The minimum absolute atomic E-state index is 0.123. The topological polar surface area (TPSA) is 78.9 Å². The molecule has 1 aliphatic heterocycles. The summed E-state index contributed by atoms with van der Waals surface area (Å²) < 4.78 is 5.53. The number of benzene rings is 1. The average Bonchev–Trinajstić information content (AvgIpc) is 2.79. The quantitative estimate of drug-likeness (QED) is 0.768. The highest BCUT2D eigenvalue weighted by Crippen LogP contribution is 2.28. The van der Waals surface area contributed by atoms with Crippen LogP contribution < -0.4 is 5.32 Å². The van der Waals surface area contributed by atoms with Crippen molar-refractivity contribution in [2.45, 2.75) is 6.92 Å². The molecular formula is C15H17BrN2O4. The van der Waals surface area contributed by atoms with Gasteiger partial charge < -0.3 is 20.1 Å². The Hall–Kier alpha value is -1.86. The van der Waals surface area contributed by atoms with Crippen molar-refractivity contribution < 1.29 is 19.4 Å². The van der Waals surface area contributed by atoms with Gasteiger partial charge in [-0.3, -0.25) is 4.79 Å². The van der Waals surface area contributed by atoms with Crippen LogP contribution in [0.15, 0.2) is 33.9 Å². The first-order valence-electron chi connectivity index (χ1n) is 6.72. The molecule has 0 saturated carbocycles. The Labute approximate surface area is 136 Å². The van der Waals surface area contributed by atoms with E-state index in [1.807, 2.05) is 25.1 Å². The number of carbonyl (C=O) groups is 2. The van der Waals surface area contributed by atoms with Crippen LogP contribution >= 0.6 is 15.9 Å². The van der Waals surface area contributed by atoms with E-state index in [0.29, 0.717) is 5.69 Å². The van der Waals surface area contributed by atoms with E-state index in [0.717, 1.165) is 10.0 Å². The molecule has 0 radical (unpaired) electrons. The van der Waals surface area contributed by atoms with Crippen LogP contribution in [0.25, 0.3) is 0 Å². The zero-order valence-electron chi connectivity index (χ0n) is 12.4. The summed E-state index contributed by atoms with van der Waals surface area (Å²) in [4.78, 5) is 25.7. The zero-order chi connectivity index (χ0) is 16.3. The number of hydrogen-bond acceptors (Lipinski definition) is 5. The lowest BCUT2D eigenvalue weighted by molar-refractivity contribution is -0.136. The number of aliphatic hydroxyl groups is 1. The molecule has 0 atom stereocenters. The molecular weight excluding hydrogens is 352 g/mol. The second kappa shape index (κ2) is 6.93. The second-order valence-electron chi connectivity index (χ2n) is 4.90. The first-order chi connectivity index (χ1) is 10.5. The number of halogens is 1. The van der Waals surface area contributed by atoms with Gasteiger partial charge in [0.2, 0.25) is 0 Å². The number of β-amino-alcohol motifs (C(OH)–C–C–N with tert-alkyl or cyclic N) is 1. The molecule has 0 spiro atoms. The Kier molecular flexibility index (Phi) is 5.20. The molecule has 1 heterocycles. The maximum Gasteiger partial charge on any atom is 0.337 e. The van der Waals surface area contributed by atoms with Crippen molar-refractivity contribution in [1.82, 2.24) is 4.90 Å². The number of rotatable bonds is 5. The number of hydrogen-bond donors (Lipinski definition) is 2. The van der Waals surface area contributed by atoms with Gasteiger partial charge in [-0.2, -0.15) is 0 Å². The lowest BCUT2D eigenvalue weighted by Gasteiger charge is -2.15. The van der Waals surface area contributed by atoms with Crippen molar-refractivity contribution in [1.29, 1.82) is 0 Å². The number of amides is 1. The highest BCUT2D eigenvalue weighted by atomic mass is 79.9. The average molecular weight is 369 g/mol. The minimum atomic E-state index is -0.556. The van der Waals surface area contributed by atoms with Crippen molar-refractivity contribution >= 4 is 33.5 Å². The minimum Gasteiger partial charge on any atom is -0.466 e. The second-order valence-corrected chi connectivity index (χ2v) is 5.76. The normalized spacial score (nSPS) is 14.5. The number of aliphatic hydroxyl groups excluding tert-OH is 1. The Balaban J connectivity index is 2.34. The van der Waals surface area contributed by atoms with Crippen molar-refractivity contribution in [3.05, 3.63) is 39.5 Å². The summed E-state index contributed by atoms with van der Waals surface area (Å²) in [7, 11) is 1.27. The van der Waals surface area contributed by atoms with Crippen molar-refractivity contribution in [2.24, 2.45) is 0 Å². The summed E-state index contributed by atoms with van der Waals surface area (Å²) in [5.74, 6) is -0.888. The molecule has 7 heteroatoms. The lowest BCUT2D eigenvalue weighted by atomic mass is 10.2. The number of anilines is 1. The standard InChI is InChI=1S/C15H17BrN2O4/c1-9-3-4-12(11(16)7-9)17-13-10(15(21)22-2)8-18(5-6-19)14(13)20/h3-4,7,17,19H,5-6,8H2,1-2H3. The summed E-state index contributed by atoms with van der Waals surface area (Å²) in [5, 5.41) is 12.0. The maximum atomic E-state index is 12.4. The number of nitrogens with zero attached hydrogens (tertiary/aromatic N) is 1. The van der Waals surface area contributed by atoms with E-state index in [2.05, 4.69) is 21.2 Å². The first kappa shape index (κ1) is 16.5. The van der Waals surface area contributed by atoms with Gasteiger partial charge in [-0.25, -0.2) is 4.79 Å². The van der Waals surface area contributed by atoms with Crippen molar-refractivity contribution in [3.63, 3.8) is 0 Å². The number of nitrogens with one attached hydrogen (secondary N) is 1. The van der Waals surface area contributed by atoms with Crippen molar-refractivity contribution in [2.75, 3.05) is 32.1 Å². The Morgan fingerprint density at radius 2 is 2.23 bits per heavy atom. The van der Waals surface area contributed by atoms with Gasteiger partial charge in [-0.1, -0.05) is 6.07 Å². The molecule has 0 bridgehead atoms. The van der Waals surface area contributed by atoms with Gasteiger partial charge in [0.1, 0.15) is 5.70 Å². The number of aryl methyl sites for hydroxylation is 1. The molecule has 0 saturated heterocycles. The summed E-state index contributed by atoms with van der Waals surface area (Å²) >= 11 is 3.43. The third-order valence-corrected chi connectivity index (χ3v) is 3.99. The van der Waals surface area contributed by atoms with E-state index in [1.54, 1.807) is 0 Å². The van der Waals surface area contributed by atoms with Gasteiger partial charge in [0, 0.05) is 11.0 Å². The van der Waals surface area contributed by atoms with Crippen LogP contribution in [0.4, 0.5) is 5.69 Å². The molecule has 0 aliphatic carbocycles. The van der Waals surface area contributed by atoms with Crippen molar-refractivity contribution in [3.8, 4) is 0 Å². The highest BCUT2D eigenvalue weighted by molar-refractivity contribution is 9.10. The Morgan fingerprint density at radius 3 is 2.82 bits per heavy atom. The van der Waals surface area contributed by atoms with Crippen LogP contribution in [0.3, 0.4) is 0 Å². The molecule has 118 valence electrons. The summed E-state index contributed by atoms with van der Waals surface area (Å²) in [6, 6.07) is 5.63. The monoisotopic (exact) mass is 368 g/mol. The molecule has 22 heavy (non-hydrogen) atoms. The molecule has 2 rings (SSSR count). The van der Waals surface area contributed by atoms with Crippen LogP contribution in [-0.4, -0.2) is 48.7 Å². The highest BCUT2D eigenvalue weighted by Gasteiger charge is 2.34. The van der Waals surface area contributed by atoms with Gasteiger partial charge in [0.25, 0.3) is 5.91 Å². The fourth-order valence-electron chi connectivity index (χ4n) is 2.21. The maximum absolute atomic E-state index is 12.4. The van der Waals surface area contributed by atoms with E-state index in [1.165, 1.54) is 12.0 Å². The zero-order valence-corrected chi connectivity index (χ0v) is 13.9. The molecule has 1 amide bonds. The molecule has 0 aromatic heterocycles. The summed E-state index contributed by atoms with van der Waals surface area (Å²) in [6.07, 6.45) is 0. The van der Waals surface area contributed by atoms with E-state index >= 15 is 0 Å². The van der Waals surface area contributed by atoms with Crippen LogP contribution in [0.5, 0.6) is 0 Å². The predicted octanol–water partition coefficient (Wildman–Crippen LogP) is 1.43. The van der Waals surface area contributed by atoms with Gasteiger partial charge in [0.05, 0.1) is 31.5 Å². The summed E-state index contributed by atoms with van der Waals surface area (Å²) in [6.45, 7) is 2.08. The third-order valence-electron chi connectivity index (χ3n) is 3.34. The number of methoxy groups -OCH3 is 1. The van der Waals surface area contributed by atoms with Gasteiger partial charge in [0.15, 0.2) is 0 Å². The lowest BCUT2D eigenvalue weighted by Crippen LogP contribution is -2.31. The van der Waals surface area contributed by atoms with E-state index in [-0.39, 0.29) is 36.9 Å². The molecule has 1 aromatic carbocycles. The van der Waals surface area contributed by atoms with Crippen LogP contribution in [0.1, 0.15) is 5.56 Å². The van der Waals surface area contributed by atoms with Gasteiger partial charge in [-0.05, 0) is 40.5 Å². The molecule has 0 fully saturated rings. The van der Waals surface area contributed by atoms with E-state index in [4.69, 9.17) is 9.84 Å². The predicted molar refractivity (Wildman–Crippen MR) is 85.2 cm³/mol. The number of ether oxygens (including phenoxy) is 1. The van der Waals surface area contributed by atoms with E-state index in [9.17, 15) is 9.59 Å². The van der Waals surface area contributed by atoms with E-state index < -0.39 is 5.97 Å². The molecule has 1 aromatic rings. The Bertz CT molecular complexity index is 642.